The number of aromatic nitrogens is 2. The fourth-order valence-corrected chi connectivity index (χ4v) is 6.60. The molecule has 3 aromatic rings. The number of nitrogens with zero attached hydrogens (tertiary/aromatic N) is 4. The zero-order valence-corrected chi connectivity index (χ0v) is 23.9. The van der Waals surface area contributed by atoms with E-state index in [-0.39, 0.29) is 17.9 Å². The van der Waals surface area contributed by atoms with E-state index in [0.29, 0.717) is 42.8 Å². The maximum atomic E-state index is 12.9. The normalized spacial score (nSPS) is 16.5. The molecule has 0 aliphatic heterocycles. The number of fused-ring (bicyclic) bond motifs is 2. The van der Waals surface area contributed by atoms with Gasteiger partial charge in [0.25, 0.3) is 11.8 Å². The minimum Gasteiger partial charge on any atom is -0.345 e. The lowest BCUT2D eigenvalue weighted by Gasteiger charge is -2.37. The Morgan fingerprint density at radius 3 is 1.93 bits per heavy atom. The number of amides is 2. The van der Waals surface area contributed by atoms with Gasteiger partial charge in [0.2, 0.25) is 0 Å². The fourth-order valence-electron chi connectivity index (χ4n) is 6.60. The molecule has 1 fully saturated rings. The summed E-state index contributed by atoms with van der Waals surface area (Å²) in [5.74, 6) is -0.220. The molecule has 1 heterocycles. The van der Waals surface area contributed by atoms with E-state index in [9.17, 15) is 14.4 Å². The molecular formula is C31H39N5O4. The SMILES string of the molecule is CN(C)C(=O)c1ccc2c(c1)CCc1cc(C(=O)N(C)C)ccc1C2(CCN)c1nc(=O)on1C1CCCCC1. The second-order valence-electron chi connectivity index (χ2n) is 11.5. The lowest BCUT2D eigenvalue weighted by molar-refractivity contribution is 0.0820. The van der Waals surface area contributed by atoms with Crippen LogP contribution in [0.1, 0.15) is 93.4 Å². The van der Waals surface area contributed by atoms with Crippen molar-refractivity contribution in [1.29, 1.82) is 0 Å². The van der Waals surface area contributed by atoms with Gasteiger partial charge in [-0.3, -0.25) is 9.59 Å². The van der Waals surface area contributed by atoms with Crippen LogP contribution in [0.15, 0.2) is 45.7 Å². The smallest absolute Gasteiger partial charge is 0.345 e. The standard InChI is InChI=1S/C31H39N5O4/c1-34(2)27(37)22-12-14-25-20(18-22)10-11-21-19-23(28(38)35(3)4)13-15-26(21)31(25,16-17-32)29-33-30(39)40-36(29)24-8-6-5-7-9-24/h12-15,18-19,24H,5-11,16-17,32H2,1-4H3. The van der Waals surface area contributed by atoms with Gasteiger partial charge in [0.15, 0.2) is 5.82 Å². The Morgan fingerprint density at radius 1 is 0.925 bits per heavy atom. The first-order valence-electron chi connectivity index (χ1n) is 14.2. The third-order valence-corrected chi connectivity index (χ3v) is 8.49. The molecule has 0 bridgehead atoms. The molecule has 0 atom stereocenters. The maximum Gasteiger partial charge on any atom is 0.459 e. The molecule has 1 saturated carbocycles. The molecule has 0 spiro atoms. The number of aryl methyl sites for hydroxylation is 2. The summed E-state index contributed by atoms with van der Waals surface area (Å²) < 4.78 is 7.58. The predicted molar refractivity (Wildman–Crippen MR) is 153 cm³/mol. The number of benzene rings is 2. The molecule has 9 nitrogen and oxygen atoms in total. The van der Waals surface area contributed by atoms with Crippen molar-refractivity contribution >= 4 is 11.8 Å². The fraction of sp³-hybridized carbons (Fsp3) is 0.484. The maximum absolute atomic E-state index is 12.9. The van der Waals surface area contributed by atoms with Gasteiger partial charge in [-0.1, -0.05) is 31.4 Å². The van der Waals surface area contributed by atoms with Gasteiger partial charge in [0.05, 0.1) is 11.5 Å². The van der Waals surface area contributed by atoms with Gasteiger partial charge in [0, 0.05) is 39.3 Å². The van der Waals surface area contributed by atoms with Crippen molar-refractivity contribution in [3.05, 3.63) is 86.2 Å². The van der Waals surface area contributed by atoms with E-state index in [1.165, 1.54) is 0 Å². The lowest BCUT2D eigenvalue weighted by atomic mass is 9.68. The van der Waals surface area contributed by atoms with Crippen molar-refractivity contribution in [1.82, 2.24) is 19.5 Å². The van der Waals surface area contributed by atoms with Gasteiger partial charge in [-0.05, 0) is 85.2 Å². The van der Waals surface area contributed by atoms with Crippen molar-refractivity contribution in [3.8, 4) is 0 Å². The molecule has 2 aliphatic carbocycles. The predicted octanol–water partition coefficient (Wildman–Crippen LogP) is 3.53. The minimum absolute atomic E-state index is 0.0351. The van der Waals surface area contributed by atoms with Gasteiger partial charge in [-0.15, -0.1) is 0 Å². The van der Waals surface area contributed by atoms with Crippen LogP contribution in [-0.2, 0) is 18.3 Å². The topological polar surface area (TPSA) is 115 Å². The molecule has 2 aliphatic rings. The van der Waals surface area contributed by atoms with Gasteiger partial charge >= 0.3 is 5.76 Å². The monoisotopic (exact) mass is 545 g/mol. The minimum atomic E-state index is -0.890. The van der Waals surface area contributed by atoms with Crippen LogP contribution in [0, 0.1) is 0 Å². The highest BCUT2D eigenvalue weighted by atomic mass is 16.5. The van der Waals surface area contributed by atoms with Crippen LogP contribution in [0.3, 0.4) is 0 Å². The highest BCUT2D eigenvalue weighted by molar-refractivity contribution is 5.95. The number of hydrogen-bond donors (Lipinski definition) is 1. The number of carbonyl (C=O) groups excluding carboxylic acids is 2. The lowest BCUT2D eigenvalue weighted by Crippen LogP contribution is -2.38. The Bertz CT molecular complexity index is 1410. The molecule has 2 N–H and O–H groups in total. The van der Waals surface area contributed by atoms with Gasteiger partial charge in [-0.2, -0.15) is 9.72 Å². The van der Waals surface area contributed by atoms with Crippen LogP contribution >= 0.6 is 0 Å². The van der Waals surface area contributed by atoms with Crippen LogP contribution in [0.4, 0.5) is 0 Å². The largest absolute Gasteiger partial charge is 0.459 e. The van der Waals surface area contributed by atoms with Crippen molar-refractivity contribution in [3.63, 3.8) is 0 Å². The second-order valence-corrected chi connectivity index (χ2v) is 11.5. The summed E-state index contributed by atoms with van der Waals surface area (Å²) in [5, 5.41) is 0. The Balaban J connectivity index is 1.81. The molecule has 0 unspecified atom stereocenters. The molecule has 0 radical (unpaired) electrons. The second kappa shape index (κ2) is 11.0. The van der Waals surface area contributed by atoms with Gasteiger partial charge in [0.1, 0.15) is 0 Å². The van der Waals surface area contributed by atoms with Gasteiger partial charge in [-0.25, -0.2) is 4.79 Å². The highest BCUT2D eigenvalue weighted by Crippen LogP contribution is 2.48. The number of carbonyl (C=O) groups is 2. The van der Waals surface area contributed by atoms with Crippen LogP contribution in [0.25, 0.3) is 0 Å². The first-order chi connectivity index (χ1) is 19.2. The molecule has 1 aromatic heterocycles. The molecule has 0 saturated heterocycles. The zero-order valence-electron chi connectivity index (χ0n) is 23.9. The molecular weight excluding hydrogens is 506 g/mol. The van der Waals surface area contributed by atoms with E-state index in [1.54, 1.807) is 42.7 Å². The summed E-state index contributed by atoms with van der Waals surface area (Å²) in [4.78, 5) is 46.4. The van der Waals surface area contributed by atoms with E-state index in [1.807, 2.05) is 36.4 Å². The van der Waals surface area contributed by atoms with Crippen LogP contribution in [-0.4, -0.2) is 66.1 Å². The highest BCUT2D eigenvalue weighted by Gasteiger charge is 2.46. The number of nitrogens with two attached hydrogens (primary N) is 1. The third-order valence-electron chi connectivity index (χ3n) is 8.49. The van der Waals surface area contributed by atoms with E-state index in [4.69, 9.17) is 10.3 Å². The van der Waals surface area contributed by atoms with E-state index in [0.717, 1.165) is 54.4 Å². The summed E-state index contributed by atoms with van der Waals surface area (Å²) in [6, 6.07) is 11.7. The van der Waals surface area contributed by atoms with Gasteiger partial charge < -0.3 is 20.1 Å². The first kappa shape index (κ1) is 27.8. The number of rotatable bonds is 6. The third kappa shape index (κ3) is 4.76. The molecule has 40 heavy (non-hydrogen) atoms. The first-order valence-corrected chi connectivity index (χ1v) is 14.2. The molecule has 2 amide bonds. The summed E-state index contributed by atoms with van der Waals surface area (Å²) in [6.07, 6.45) is 6.92. The molecule has 9 heteroatoms. The summed E-state index contributed by atoms with van der Waals surface area (Å²) in [6.45, 7) is 0.335. The Morgan fingerprint density at radius 2 is 1.45 bits per heavy atom. The Kier molecular flexibility index (Phi) is 7.68. The molecule has 5 rings (SSSR count). The molecule has 212 valence electrons. The summed E-state index contributed by atoms with van der Waals surface area (Å²) in [5.41, 5.74) is 10.6. The van der Waals surface area contributed by atoms with Crippen molar-refractivity contribution in [2.45, 2.75) is 62.8 Å². The number of hydrogen-bond acceptors (Lipinski definition) is 6. The molecule has 2 aromatic carbocycles. The van der Waals surface area contributed by atoms with Crippen molar-refractivity contribution in [2.24, 2.45) is 5.73 Å². The van der Waals surface area contributed by atoms with E-state index >= 15 is 0 Å². The van der Waals surface area contributed by atoms with Crippen LogP contribution < -0.4 is 11.5 Å². The average Bonchev–Trinajstić information content (AvgIpc) is 3.30. The Labute approximate surface area is 234 Å². The Hall–Kier alpha value is -3.72. The zero-order chi connectivity index (χ0) is 28.6. The van der Waals surface area contributed by atoms with E-state index < -0.39 is 11.2 Å². The van der Waals surface area contributed by atoms with E-state index in [2.05, 4.69) is 4.98 Å². The van der Waals surface area contributed by atoms with Crippen molar-refractivity contribution in [2.75, 3.05) is 34.7 Å². The summed E-state index contributed by atoms with van der Waals surface area (Å²) >= 11 is 0. The van der Waals surface area contributed by atoms with Crippen LogP contribution in [0.2, 0.25) is 0 Å². The quantitative estimate of drug-likeness (QED) is 0.507. The van der Waals surface area contributed by atoms with Crippen molar-refractivity contribution < 1.29 is 14.1 Å². The van der Waals surface area contributed by atoms with Crippen LogP contribution in [0.5, 0.6) is 0 Å². The average molecular weight is 546 g/mol. The summed E-state index contributed by atoms with van der Waals surface area (Å²) in [7, 11) is 6.96.